The summed E-state index contributed by atoms with van der Waals surface area (Å²) in [7, 11) is 1.59. The van der Waals surface area contributed by atoms with E-state index in [1.165, 1.54) is 0 Å². The minimum absolute atomic E-state index is 0.0313. The largest absolute Gasteiger partial charge is 0.494 e. The van der Waals surface area contributed by atoms with Crippen molar-refractivity contribution in [3.63, 3.8) is 0 Å². The fourth-order valence-electron chi connectivity index (χ4n) is 4.50. The minimum Gasteiger partial charge on any atom is -0.494 e. The summed E-state index contributed by atoms with van der Waals surface area (Å²) in [6.45, 7) is 5.62. The smallest absolute Gasteiger partial charge is 0.309 e. The number of nitrogens with one attached hydrogen (secondary N) is 2. The van der Waals surface area contributed by atoms with Gasteiger partial charge in [-0.25, -0.2) is 0 Å². The molecule has 0 spiro atoms. The van der Waals surface area contributed by atoms with Gasteiger partial charge >= 0.3 is 5.97 Å². The standard InChI is InChI=1S/C28H32ClN3O4/c1-28(2,3)36-27(34)17-11-13-19(14-12-17)32-26(33)22-16-30-25-21(9-6-10-23(25)35-4)24(22)31-20-8-5-7-18(29)15-20/h5-10,15-17,19H,11-14H2,1-4H3,(H,30,31)(H,32,33)/t17-,19-. The van der Waals surface area contributed by atoms with Gasteiger partial charge in [0.25, 0.3) is 5.91 Å². The van der Waals surface area contributed by atoms with Crippen LogP contribution >= 0.6 is 11.6 Å². The van der Waals surface area contributed by atoms with Gasteiger partial charge in [-0.05, 0) is 70.7 Å². The van der Waals surface area contributed by atoms with E-state index in [2.05, 4.69) is 15.6 Å². The number of nitrogens with zero attached hydrogens (tertiary/aromatic N) is 1. The van der Waals surface area contributed by atoms with Gasteiger partial charge in [0, 0.05) is 28.3 Å². The molecule has 0 bridgehead atoms. The molecule has 1 aliphatic rings. The van der Waals surface area contributed by atoms with Crippen LogP contribution in [-0.4, -0.2) is 35.6 Å². The third-order valence-corrected chi connectivity index (χ3v) is 6.46. The Morgan fingerprint density at radius 3 is 2.44 bits per heavy atom. The van der Waals surface area contributed by atoms with Crippen LogP contribution in [0.15, 0.2) is 48.7 Å². The molecular weight excluding hydrogens is 478 g/mol. The zero-order valence-electron chi connectivity index (χ0n) is 21.1. The van der Waals surface area contributed by atoms with Crippen LogP contribution in [0.1, 0.15) is 56.8 Å². The lowest BCUT2D eigenvalue weighted by Crippen LogP contribution is -2.40. The molecule has 0 saturated heterocycles. The maximum atomic E-state index is 13.5. The molecule has 2 N–H and O–H groups in total. The highest BCUT2D eigenvalue weighted by Gasteiger charge is 2.31. The van der Waals surface area contributed by atoms with E-state index in [1.807, 2.05) is 51.1 Å². The number of aromatic nitrogens is 1. The molecule has 1 saturated carbocycles. The molecule has 1 heterocycles. The zero-order valence-corrected chi connectivity index (χ0v) is 21.8. The number of pyridine rings is 1. The second kappa shape index (κ2) is 10.7. The van der Waals surface area contributed by atoms with Crippen molar-refractivity contribution < 1.29 is 19.1 Å². The van der Waals surface area contributed by atoms with Crippen molar-refractivity contribution in [1.82, 2.24) is 10.3 Å². The summed E-state index contributed by atoms with van der Waals surface area (Å²) in [6.07, 6.45) is 4.35. The lowest BCUT2D eigenvalue weighted by atomic mass is 9.86. The molecule has 0 atom stereocenters. The first-order chi connectivity index (χ1) is 17.1. The number of methoxy groups -OCH3 is 1. The lowest BCUT2D eigenvalue weighted by molar-refractivity contribution is -0.161. The Hall–Kier alpha value is -3.32. The molecule has 7 nitrogen and oxygen atoms in total. The number of fused-ring (bicyclic) bond motifs is 1. The third kappa shape index (κ3) is 6.08. The number of hydrogen-bond acceptors (Lipinski definition) is 6. The number of amides is 1. The van der Waals surface area contributed by atoms with E-state index >= 15 is 0 Å². The van der Waals surface area contributed by atoms with E-state index in [9.17, 15) is 9.59 Å². The Morgan fingerprint density at radius 1 is 1.06 bits per heavy atom. The highest BCUT2D eigenvalue weighted by Crippen LogP contribution is 2.34. The SMILES string of the molecule is COc1cccc2c(Nc3cccc(Cl)c3)c(C(=O)N[C@H]3CC[C@H](C(=O)OC(C)(C)C)CC3)cnc12. The highest BCUT2D eigenvalue weighted by atomic mass is 35.5. The van der Waals surface area contributed by atoms with Crippen molar-refractivity contribution in [2.45, 2.75) is 58.1 Å². The van der Waals surface area contributed by atoms with Gasteiger partial charge in [-0.3, -0.25) is 14.6 Å². The van der Waals surface area contributed by atoms with E-state index in [1.54, 1.807) is 25.4 Å². The van der Waals surface area contributed by atoms with Crippen LogP contribution < -0.4 is 15.4 Å². The van der Waals surface area contributed by atoms with E-state index in [4.69, 9.17) is 21.1 Å². The molecule has 1 aliphatic carbocycles. The van der Waals surface area contributed by atoms with Crippen LogP contribution in [0.5, 0.6) is 5.75 Å². The fraction of sp³-hybridized carbons (Fsp3) is 0.393. The van der Waals surface area contributed by atoms with Gasteiger partial charge in [-0.2, -0.15) is 0 Å². The van der Waals surface area contributed by atoms with Gasteiger partial charge in [0.05, 0.1) is 24.3 Å². The molecule has 2 aromatic carbocycles. The van der Waals surface area contributed by atoms with E-state index in [-0.39, 0.29) is 23.8 Å². The zero-order chi connectivity index (χ0) is 25.9. The fourth-order valence-corrected chi connectivity index (χ4v) is 4.69. The van der Waals surface area contributed by atoms with Crippen LogP contribution in [0, 0.1) is 5.92 Å². The summed E-state index contributed by atoms with van der Waals surface area (Å²) >= 11 is 6.19. The molecule has 1 fully saturated rings. The highest BCUT2D eigenvalue weighted by molar-refractivity contribution is 6.30. The Balaban J connectivity index is 1.55. The van der Waals surface area contributed by atoms with Crippen molar-refractivity contribution in [2.75, 3.05) is 12.4 Å². The van der Waals surface area contributed by atoms with Crippen LogP contribution in [-0.2, 0) is 9.53 Å². The molecule has 8 heteroatoms. The number of esters is 1. The Kier molecular flexibility index (Phi) is 7.69. The molecule has 1 aromatic heterocycles. The second-order valence-electron chi connectivity index (χ2n) is 10.1. The molecule has 0 aliphatic heterocycles. The summed E-state index contributed by atoms with van der Waals surface area (Å²) in [6, 6.07) is 12.9. The first kappa shape index (κ1) is 25.8. The van der Waals surface area contributed by atoms with Crippen LogP contribution in [0.25, 0.3) is 10.9 Å². The van der Waals surface area contributed by atoms with Crippen LogP contribution in [0.4, 0.5) is 11.4 Å². The molecule has 1 amide bonds. The number of rotatable bonds is 6. The Morgan fingerprint density at radius 2 is 1.78 bits per heavy atom. The number of anilines is 2. The Bertz CT molecular complexity index is 1260. The van der Waals surface area contributed by atoms with Crippen molar-refractivity contribution in [2.24, 2.45) is 5.92 Å². The number of ether oxygens (including phenoxy) is 2. The second-order valence-corrected chi connectivity index (χ2v) is 10.5. The minimum atomic E-state index is -0.500. The maximum absolute atomic E-state index is 13.5. The number of carbonyl (C=O) groups excluding carboxylic acids is 2. The van der Waals surface area contributed by atoms with Gasteiger partial charge in [0.15, 0.2) is 0 Å². The quantitative estimate of drug-likeness (QED) is 0.380. The molecule has 0 radical (unpaired) electrons. The van der Waals surface area contributed by atoms with E-state index in [0.717, 1.165) is 11.1 Å². The predicted molar refractivity (Wildman–Crippen MR) is 142 cm³/mol. The molecular formula is C28H32ClN3O4. The molecule has 3 aromatic rings. The number of hydrogen-bond donors (Lipinski definition) is 2. The third-order valence-electron chi connectivity index (χ3n) is 6.22. The van der Waals surface area contributed by atoms with Gasteiger partial charge in [0.2, 0.25) is 0 Å². The van der Waals surface area contributed by atoms with E-state index < -0.39 is 5.60 Å². The maximum Gasteiger partial charge on any atom is 0.309 e. The van der Waals surface area contributed by atoms with Crippen molar-refractivity contribution in [3.05, 3.63) is 59.2 Å². The van der Waals surface area contributed by atoms with Crippen molar-refractivity contribution in [3.8, 4) is 5.75 Å². The van der Waals surface area contributed by atoms with Crippen LogP contribution in [0.3, 0.4) is 0 Å². The lowest BCUT2D eigenvalue weighted by Gasteiger charge is -2.30. The average molecular weight is 510 g/mol. The van der Waals surface area contributed by atoms with Gasteiger partial charge in [-0.15, -0.1) is 0 Å². The van der Waals surface area contributed by atoms with Crippen molar-refractivity contribution >= 4 is 45.8 Å². The van der Waals surface area contributed by atoms with Gasteiger partial charge < -0.3 is 20.1 Å². The van der Waals surface area contributed by atoms with Crippen molar-refractivity contribution in [1.29, 1.82) is 0 Å². The predicted octanol–water partition coefficient (Wildman–Crippen LogP) is 6.27. The molecule has 4 rings (SSSR count). The summed E-state index contributed by atoms with van der Waals surface area (Å²) < 4.78 is 11.0. The molecule has 190 valence electrons. The van der Waals surface area contributed by atoms with Gasteiger partial charge in [0.1, 0.15) is 16.9 Å². The molecule has 36 heavy (non-hydrogen) atoms. The average Bonchev–Trinajstić information content (AvgIpc) is 2.83. The Labute approximate surface area is 216 Å². The summed E-state index contributed by atoms with van der Waals surface area (Å²) in [5.41, 5.74) is 1.95. The first-order valence-electron chi connectivity index (χ1n) is 12.2. The number of benzene rings is 2. The normalized spacial score (nSPS) is 17.9. The summed E-state index contributed by atoms with van der Waals surface area (Å²) in [5, 5.41) is 7.86. The number of halogens is 1. The van der Waals surface area contributed by atoms with Gasteiger partial charge in [-0.1, -0.05) is 29.8 Å². The number of carbonyl (C=O) groups is 2. The monoisotopic (exact) mass is 509 g/mol. The topological polar surface area (TPSA) is 89.6 Å². The summed E-state index contributed by atoms with van der Waals surface area (Å²) in [4.78, 5) is 30.4. The molecule has 0 unspecified atom stereocenters. The van der Waals surface area contributed by atoms with E-state index in [0.29, 0.717) is 53.2 Å². The first-order valence-corrected chi connectivity index (χ1v) is 12.5. The van der Waals surface area contributed by atoms with Crippen LogP contribution in [0.2, 0.25) is 5.02 Å². The summed E-state index contributed by atoms with van der Waals surface area (Å²) in [5.74, 6) is 0.103. The number of para-hydroxylation sites is 1.